The first-order valence-corrected chi connectivity index (χ1v) is 10.1. The van der Waals surface area contributed by atoms with E-state index in [1.807, 2.05) is 16.1 Å². The van der Waals surface area contributed by atoms with Crippen LogP contribution < -0.4 is 11.1 Å². The molecule has 4 atom stereocenters. The number of nitrogen functional groups attached to an aromatic ring is 1. The first-order valence-electron chi connectivity index (χ1n) is 9.21. The van der Waals surface area contributed by atoms with Crippen molar-refractivity contribution in [2.75, 3.05) is 18.8 Å². The van der Waals surface area contributed by atoms with Crippen LogP contribution in [-0.4, -0.2) is 55.0 Å². The average molecular weight is 386 g/mol. The fourth-order valence-corrected chi connectivity index (χ4v) is 5.09. The summed E-state index contributed by atoms with van der Waals surface area (Å²) in [5.41, 5.74) is 7.69. The van der Waals surface area contributed by atoms with Crippen LogP contribution >= 0.6 is 11.3 Å². The fraction of sp³-hybridized carbons (Fsp3) is 0.500. The van der Waals surface area contributed by atoms with Crippen molar-refractivity contribution in [2.45, 2.75) is 31.1 Å². The molecule has 1 aliphatic heterocycles. The molecular weight excluding hydrogens is 364 g/mol. The zero-order valence-electron chi connectivity index (χ0n) is 14.7. The Morgan fingerprint density at radius 3 is 2.78 bits per heavy atom. The lowest BCUT2D eigenvalue weighted by atomic mass is 9.88. The topological polar surface area (TPSA) is 122 Å². The lowest BCUT2D eigenvalue weighted by molar-refractivity contribution is 0.00120. The van der Waals surface area contributed by atoms with Gasteiger partial charge in [0, 0.05) is 23.3 Å². The Morgan fingerprint density at radius 1 is 1.22 bits per heavy atom. The van der Waals surface area contributed by atoms with Gasteiger partial charge in [0.2, 0.25) is 0 Å². The van der Waals surface area contributed by atoms with Crippen molar-refractivity contribution >= 4 is 28.2 Å². The van der Waals surface area contributed by atoms with E-state index in [0.29, 0.717) is 23.8 Å². The number of anilines is 1. The third-order valence-corrected chi connectivity index (χ3v) is 6.74. The highest BCUT2D eigenvalue weighted by molar-refractivity contribution is 7.13. The van der Waals surface area contributed by atoms with Gasteiger partial charge in [-0.3, -0.25) is 0 Å². The van der Waals surface area contributed by atoms with Crippen LogP contribution in [0.3, 0.4) is 0 Å². The zero-order valence-corrected chi connectivity index (χ0v) is 15.5. The molecule has 4 heterocycles. The van der Waals surface area contributed by atoms with E-state index in [9.17, 15) is 10.2 Å². The van der Waals surface area contributed by atoms with Crippen molar-refractivity contribution in [1.29, 1.82) is 0 Å². The van der Waals surface area contributed by atoms with Crippen LogP contribution in [0, 0.1) is 11.8 Å². The molecule has 3 aromatic rings. The maximum absolute atomic E-state index is 10.8. The number of nitrogens with one attached hydrogen (secondary N) is 1. The zero-order chi connectivity index (χ0) is 18.5. The van der Waals surface area contributed by atoms with Gasteiger partial charge in [0.1, 0.15) is 28.9 Å². The van der Waals surface area contributed by atoms with Gasteiger partial charge in [0.15, 0.2) is 0 Å². The average Bonchev–Trinajstić information content (AvgIpc) is 3.32. The molecule has 9 heteroatoms. The molecule has 0 radical (unpaired) electrons. The number of aliphatic hydroxyl groups excluding tert-OH is 2. The lowest BCUT2D eigenvalue weighted by Crippen LogP contribution is -2.43. The quantitative estimate of drug-likeness (QED) is 0.528. The number of hydrogen-bond acceptors (Lipinski definition) is 8. The van der Waals surface area contributed by atoms with Crippen molar-refractivity contribution < 1.29 is 10.2 Å². The molecule has 3 aromatic heterocycles. The van der Waals surface area contributed by atoms with Gasteiger partial charge in [-0.2, -0.15) is 0 Å². The number of nitrogens with two attached hydrogens (primary N) is 1. The summed E-state index contributed by atoms with van der Waals surface area (Å²) in [6.07, 6.45) is 5.22. The molecule has 142 valence electrons. The highest BCUT2D eigenvalue weighted by Crippen LogP contribution is 2.43. The molecule has 1 aliphatic carbocycles. The van der Waals surface area contributed by atoms with Gasteiger partial charge in [-0.15, -0.1) is 11.3 Å². The largest absolute Gasteiger partial charge is 0.390 e. The molecule has 1 saturated heterocycles. The van der Waals surface area contributed by atoms with E-state index < -0.39 is 12.2 Å². The summed E-state index contributed by atoms with van der Waals surface area (Å²) < 4.78 is 1.96. The van der Waals surface area contributed by atoms with E-state index in [1.54, 1.807) is 6.20 Å². The van der Waals surface area contributed by atoms with Crippen LogP contribution in [0.5, 0.6) is 0 Å². The SMILES string of the molecule is Nc1ncnc2c1c(-c1nccs1)cn2[C@@H]1C[C@H](CC2CNC2)[C@@H](O)[C@H]1O. The van der Waals surface area contributed by atoms with E-state index in [0.717, 1.165) is 35.5 Å². The summed E-state index contributed by atoms with van der Waals surface area (Å²) in [5, 5.41) is 28.2. The number of hydrogen-bond donors (Lipinski definition) is 4. The third kappa shape index (κ3) is 2.73. The van der Waals surface area contributed by atoms with Crippen LogP contribution in [0.1, 0.15) is 18.9 Å². The Kier molecular flexibility index (Phi) is 4.12. The number of thiazole rings is 1. The Labute approximate surface area is 160 Å². The molecule has 5 N–H and O–H groups in total. The Hall–Kier alpha value is -2.07. The van der Waals surface area contributed by atoms with Crippen molar-refractivity contribution in [1.82, 2.24) is 24.8 Å². The third-order valence-electron chi connectivity index (χ3n) is 5.93. The molecule has 0 amide bonds. The Morgan fingerprint density at radius 2 is 2.07 bits per heavy atom. The molecule has 2 aliphatic rings. The van der Waals surface area contributed by atoms with Gasteiger partial charge in [0.25, 0.3) is 0 Å². The normalized spacial score (nSPS) is 28.7. The molecule has 8 nitrogen and oxygen atoms in total. The van der Waals surface area contributed by atoms with Gasteiger partial charge in [-0.1, -0.05) is 0 Å². The predicted octanol–water partition coefficient (Wildman–Crippen LogP) is 1.03. The summed E-state index contributed by atoms with van der Waals surface area (Å²) in [7, 11) is 0. The highest BCUT2D eigenvalue weighted by Gasteiger charge is 2.44. The standard InChI is InChI=1S/C18H22N6O2S/c19-16-13-11(18-21-1-2-27-18)7-24(17(13)23-8-22-16)12-4-10(14(25)15(12)26)3-9-5-20-6-9/h1-2,7-10,12,14-15,20,25-26H,3-6H2,(H2,19,22,23)/t10-,12+,14+,15-/m0/s1. The van der Waals surface area contributed by atoms with Gasteiger partial charge in [0.05, 0.1) is 17.5 Å². The number of nitrogens with zero attached hydrogens (tertiary/aromatic N) is 4. The van der Waals surface area contributed by atoms with Gasteiger partial charge >= 0.3 is 0 Å². The van der Waals surface area contributed by atoms with Gasteiger partial charge in [-0.25, -0.2) is 15.0 Å². The second kappa shape index (κ2) is 6.52. The van der Waals surface area contributed by atoms with Crippen molar-refractivity contribution in [3.05, 3.63) is 24.1 Å². The van der Waals surface area contributed by atoms with E-state index in [1.165, 1.54) is 17.7 Å². The molecule has 27 heavy (non-hydrogen) atoms. The minimum absolute atomic E-state index is 0.0806. The Balaban J connectivity index is 1.56. The first-order chi connectivity index (χ1) is 13.1. The Bertz CT molecular complexity index is 954. The number of rotatable bonds is 4. The highest BCUT2D eigenvalue weighted by atomic mass is 32.1. The van der Waals surface area contributed by atoms with E-state index in [4.69, 9.17) is 5.73 Å². The van der Waals surface area contributed by atoms with Crippen LogP contribution in [0.25, 0.3) is 21.6 Å². The molecule has 0 spiro atoms. The van der Waals surface area contributed by atoms with E-state index >= 15 is 0 Å². The molecule has 0 aromatic carbocycles. The first kappa shape index (κ1) is 17.1. The second-order valence-corrected chi connectivity index (χ2v) is 8.44. The van der Waals surface area contributed by atoms with Crippen LogP contribution in [-0.2, 0) is 0 Å². The van der Waals surface area contributed by atoms with Crippen LogP contribution in [0.4, 0.5) is 5.82 Å². The van der Waals surface area contributed by atoms with Crippen LogP contribution in [0.2, 0.25) is 0 Å². The number of aromatic nitrogens is 4. The monoisotopic (exact) mass is 386 g/mol. The summed E-state index contributed by atoms with van der Waals surface area (Å²) in [5.74, 6) is 1.06. The second-order valence-electron chi connectivity index (χ2n) is 7.55. The summed E-state index contributed by atoms with van der Waals surface area (Å²) in [6, 6.07) is -0.247. The maximum Gasteiger partial charge on any atom is 0.146 e. The van der Waals surface area contributed by atoms with E-state index in [2.05, 4.69) is 20.3 Å². The number of aliphatic hydroxyl groups is 2. The maximum atomic E-state index is 10.8. The minimum Gasteiger partial charge on any atom is -0.390 e. The molecule has 0 bridgehead atoms. The summed E-state index contributed by atoms with van der Waals surface area (Å²) in [4.78, 5) is 13.0. The molecule has 0 unspecified atom stereocenters. The smallest absolute Gasteiger partial charge is 0.146 e. The predicted molar refractivity (Wildman–Crippen MR) is 103 cm³/mol. The van der Waals surface area contributed by atoms with Crippen molar-refractivity contribution in [3.63, 3.8) is 0 Å². The minimum atomic E-state index is -0.834. The molecular formula is C18H22N6O2S. The van der Waals surface area contributed by atoms with E-state index in [-0.39, 0.29) is 12.0 Å². The van der Waals surface area contributed by atoms with Crippen molar-refractivity contribution in [3.8, 4) is 10.6 Å². The van der Waals surface area contributed by atoms with Crippen molar-refractivity contribution in [2.24, 2.45) is 11.8 Å². The molecule has 2 fully saturated rings. The van der Waals surface area contributed by atoms with Gasteiger partial charge in [-0.05, 0) is 37.8 Å². The van der Waals surface area contributed by atoms with Gasteiger partial charge < -0.3 is 25.8 Å². The fourth-order valence-electron chi connectivity index (χ4n) is 4.43. The molecule has 5 rings (SSSR count). The van der Waals surface area contributed by atoms with Crippen LogP contribution in [0.15, 0.2) is 24.1 Å². The lowest BCUT2D eigenvalue weighted by Gasteiger charge is -2.30. The summed E-state index contributed by atoms with van der Waals surface area (Å²) >= 11 is 1.52. The summed E-state index contributed by atoms with van der Waals surface area (Å²) in [6.45, 7) is 1.99. The number of fused-ring (bicyclic) bond motifs is 1. The molecule has 1 saturated carbocycles.